The Bertz CT molecular complexity index is 3890. The van der Waals surface area contributed by atoms with Gasteiger partial charge in [0, 0.05) is 69.5 Å². The summed E-state index contributed by atoms with van der Waals surface area (Å²) < 4.78 is 128. The normalized spacial score (nSPS) is 16.8. The number of aromatic nitrogens is 9. The average Bonchev–Trinajstić information content (AvgIpc) is 1.68. The van der Waals surface area contributed by atoms with E-state index < -0.39 is 79.3 Å². The number of hydrogen-bond acceptors (Lipinski definition) is 21. The summed E-state index contributed by atoms with van der Waals surface area (Å²) in [4.78, 5) is 26.4. The van der Waals surface area contributed by atoms with Crippen LogP contribution in [0.4, 0.5) is 0 Å². The van der Waals surface area contributed by atoms with Gasteiger partial charge in [-0.25, -0.2) is 52.0 Å². The number of hydrogen-bond donors (Lipinski definition) is 2. The number of unbranched alkanes of at least 4 members (excludes halogenated alkanes) is 8. The van der Waals surface area contributed by atoms with Crippen molar-refractivity contribution < 1.29 is 87.4 Å². The fraction of sp³-hybridized carbons (Fsp3) is 0.747. The van der Waals surface area contributed by atoms with Crippen LogP contribution in [0.2, 0.25) is 77.1 Å². The Balaban J connectivity index is 0.000000342. The Labute approximate surface area is 782 Å². The summed E-state index contributed by atoms with van der Waals surface area (Å²) in [6.07, 6.45) is 28.1. The standard InChI is InChI=1S/C25H42Br2N4O5SSi.C25H43BrN4O5SSi.C16H26N2O4S.C9H15Br3N2OSi.C4H9.Li/c1-24(2,3)37(32)30-19(22-29-20(26)21(27)31(22)18-33-16-17-38(4,5)6)10-8-7-9-11-25(35-14-15-36-25)23-28-12-13-34-23;1-24(2,3)36(31)29-20(22-28-18-21(26)30(22)19-32-16-17-37(4,5)6)10-8-7-9-11-25(34-14-15-35-25)23-27-12-13-33-23;1-15(2,3)23(19)18-9-7-5-4-6-8-16(21-12-13-22-16)14-17-10-11-20-14;1-16(2,3)5-4-15-6-14-8(11)7(10)13-9(14)12;1-3-4-2;/h12-13,19,30H,7-11,14-18H2,1-6H3;12-13,18,20,29H,7-11,14-17,19H2,1-6H3;9-11H,4-8,12-13H2,1-3H3;4-6H2,1-3H3;1,3-4H2,2H3;/q;;;;-1;+1/t19-,37+;20-,36+;23-;;;/m001.../s1. The van der Waals surface area contributed by atoms with Crippen molar-refractivity contribution in [1.29, 1.82) is 0 Å². The predicted octanol–water partition coefficient (Wildman–Crippen LogP) is 19.0. The Morgan fingerprint density at radius 2 is 0.866 bits per heavy atom. The summed E-state index contributed by atoms with van der Waals surface area (Å²) in [5.41, 5.74) is 0. The number of ether oxygens (including phenoxy) is 9. The number of nitrogens with zero attached hydrogens (tertiary/aromatic N) is 10. The van der Waals surface area contributed by atoms with Crippen molar-refractivity contribution in [1.82, 2.24) is 53.0 Å². The van der Waals surface area contributed by atoms with E-state index in [1.807, 2.05) is 76.0 Å². The van der Waals surface area contributed by atoms with E-state index in [0.29, 0.717) is 102 Å². The van der Waals surface area contributed by atoms with Gasteiger partial charge >= 0.3 is 18.9 Å². The van der Waals surface area contributed by atoms with Gasteiger partial charge in [0.15, 0.2) is 4.73 Å². The van der Waals surface area contributed by atoms with Crippen LogP contribution in [-0.4, -0.2) is 160 Å². The van der Waals surface area contributed by atoms with Crippen molar-refractivity contribution in [2.45, 2.75) is 319 Å². The van der Waals surface area contributed by atoms with Crippen molar-refractivity contribution in [3.05, 3.63) is 108 Å². The van der Waals surface area contributed by atoms with Gasteiger partial charge in [0.1, 0.15) is 84.6 Å². The molecule has 0 unspecified atom stereocenters. The molecule has 5 atom stereocenters. The molecule has 0 spiro atoms. The quantitative estimate of drug-likeness (QED) is 0.0155. The minimum atomic E-state index is -1.26. The molecular weight excluding hydrogens is 2020 g/mol. The molecule has 119 heavy (non-hydrogen) atoms. The van der Waals surface area contributed by atoms with E-state index in [1.54, 1.807) is 43.5 Å². The van der Waals surface area contributed by atoms with Gasteiger partial charge in [0.25, 0.3) is 17.7 Å². The van der Waals surface area contributed by atoms with Gasteiger partial charge in [0.05, 0.1) is 113 Å². The minimum Gasteiger partial charge on any atom is -0.444 e. The number of oxazole rings is 3. The Morgan fingerprint density at radius 1 is 0.513 bits per heavy atom. The smallest absolute Gasteiger partial charge is 0.444 e. The first-order valence-corrected chi connectivity index (χ1v) is 60.2. The van der Waals surface area contributed by atoms with E-state index in [-0.39, 0.29) is 40.4 Å². The zero-order valence-electron chi connectivity index (χ0n) is 74.2. The minimum absolute atomic E-state index is 0. The van der Waals surface area contributed by atoms with Crippen LogP contribution in [0.3, 0.4) is 0 Å². The number of imidazole rings is 3. The van der Waals surface area contributed by atoms with E-state index in [2.05, 4.69) is 207 Å². The van der Waals surface area contributed by atoms with Crippen LogP contribution in [0.5, 0.6) is 0 Å². The molecule has 9 heterocycles. The van der Waals surface area contributed by atoms with E-state index >= 15 is 0 Å². The summed E-state index contributed by atoms with van der Waals surface area (Å²) in [6.45, 7) is 51.2. The van der Waals surface area contributed by atoms with Gasteiger partial charge in [-0.05, 0) is 221 Å². The monoisotopic (exact) mass is 2150 g/mol. The SMILES string of the molecule is CC(C)(C)[S@@](=O)N=CCCCCCC1(c2ncco2)OCCO1.CC(C)(C)[S@@](=O)N[C@@H](CCCCCC1(c2ncco2)OCCO1)c1nc(Br)c(Br)n1COCC[Si](C)(C)C.CC(C)(C)[S@@](=O)N[C@@H](CCCCCC1(c2ncco2)OCCO1)c1ncc(Br)n1COCC[Si](C)(C)C.C[Si](C)(C)CCOCn1c(Br)nc(Br)c1Br.[CH2-]CCC.[Li+]. The van der Waals surface area contributed by atoms with Crippen LogP contribution in [-0.2, 0) is 113 Å². The van der Waals surface area contributed by atoms with Gasteiger partial charge in [-0.1, -0.05) is 104 Å². The molecule has 9 rings (SSSR count). The van der Waals surface area contributed by atoms with E-state index in [0.717, 1.165) is 150 Å². The Kier molecular flexibility index (Phi) is 50.0. The molecule has 2 N–H and O–H groups in total. The molecule has 40 heteroatoms. The van der Waals surface area contributed by atoms with Gasteiger partial charge in [0.2, 0.25) is 17.4 Å². The molecule has 6 aromatic heterocycles. The molecular formula is C79H135Br6LiN12O15S3Si3. The third-order valence-corrected chi connectivity index (χ3v) is 33.1. The third kappa shape index (κ3) is 39.5. The van der Waals surface area contributed by atoms with Gasteiger partial charge in [-0.15, -0.1) is 0 Å². The maximum atomic E-state index is 13.1. The van der Waals surface area contributed by atoms with Gasteiger partial charge in [-0.3, -0.25) is 13.7 Å². The van der Waals surface area contributed by atoms with Crippen LogP contribution in [0.1, 0.15) is 220 Å². The zero-order valence-corrected chi connectivity index (χ0v) is 89.2. The summed E-state index contributed by atoms with van der Waals surface area (Å²) >= 11 is 21.0. The molecule has 3 saturated heterocycles. The van der Waals surface area contributed by atoms with Crippen molar-refractivity contribution in [3.8, 4) is 0 Å². The second-order valence-corrected chi connectivity index (χ2v) is 62.9. The van der Waals surface area contributed by atoms with Gasteiger partial charge in [-0.2, -0.15) is 10.8 Å². The zero-order chi connectivity index (χ0) is 87.6. The number of halogens is 6. The average molecular weight is 2160 g/mol. The molecule has 27 nitrogen and oxygen atoms in total. The Morgan fingerprint density at radius 3 is 1.20 bits per heavy atom. The Hall–Kier alpha value is -0.932. The summed E-state index contributed by atoms with van der Waals surface area (Å²) in [5.74, 6) is 0.483. The van der Waals surface area contributed by atoms with Crippen molar-refractivity contribution in [2.75, 3.05) is 59.5 Å². The van der Waals surface area contributed by atoms with Crippen molar-refractivity contribution in [2.24, 2.45) is 4.40 Å². The topological polar surface area (TPSA) is 302 Å². The molecule has 3 fully saturated rings. The fourth-order valence-electron chi connectivity index (χ4n) is 11.3. The second kappa shape index (κ2) is 53.9. The molecule has 6 aromatic rings. The van der Waals surface area contributed by atoms with Crippen LogP contribution < -0.4 is 28.3 Å². The summed E-state index contributed by atoms with van der Waals surface area (Å²) in [7, 11) is -7.02. The maximum absolute atomic E-state index is 13.1. The maximum Gasteiger partial charge on any atom is 1.00 e. The largest absolute Gasteiger partial charge is 1.00 e. The predicted molar refractivity (Wildman–Crippen MR) is 499 cm³/mol. The van der Waals surface area contributed by atoms with Crippen LogP contribution >= 0.6 is 95.6 Å². The van der Waals surface area contributed by atoms with Crippen molar-refractivity contribution in [3.63, 3.8) is 0 Å². The fourth-order valence-corrected chi connectivity index (χ4v) is 18.6. The molecule has 674 valence electrons. The molecule has 0 radical (unpaired) electrons. The van der Waals surface area contributed by atoms with E-state index in [4.69, 9.17) is 60.9 Å². The first kappa shape index (κ1) is 110. The molecule has 0 saturated carbocycles. The molecule has 0 aromatic carbocycles. The summed E-state index contributed by atoms with van der Waals surface area (Å²) in [5, 5.41) is 0. The van der Waals surface area contributed by atoms with Gasteiger partial charge < -0.3 is 62.8 Å². The first-order chi connectivity index (χ1) is 55.4. The number of nitrogens with one attached hydrogen (secondary N) is 2. The van der Waals surface area contributed by atoms with Crippen LogP contribution in [0.25, 0.3) is 0 Å². The first-order valence-electron chi connectivity index (χ1n) is 41.0. The molecule has 0 bridgehead atoms. The number of rotatable bonds is 44. The summed E-state index contributed by atoms with van der Waals surface area (Å²) in [6, 6.07) is 2.99. The molecule has 0 amide bonds. The molecule has 3 aliphatic heterocycles. The third-order valence-electron chi connectivity index (χ3n) is 18.4. The molecule has 3 aliphatic rings. The van der Waals surface area contributed by atoms with E-state index in [9.17, 15) is 12.6 Å². The molecule has 0 aliphatic carbocycles. The van der Waals surface area contributed by atoms with Crippen LogP contribution in [0, 0.1) is 6.92 Å². The van der Waals surface area contributed by atoms with Crippen LogP contribution in [0.15, 0.2) is 89.0 Å². The van der Waals surface area contributed by atoms with E-state index in [1.165, 1.54) is 18.7 Å². The second-order valence-electron chi connectivity index (χ2n) is 35.5. The van der Waals surface area contributed by atoms with Crippen molar-refractivity contribution >= 4 is 159 Å².